The van der Waals surface area contributed by atoms with Crippen molar-refractivity contribution in [3.05, 3.63) is 47.9 Å². The van der Waals surface area contributed by atoms with Crippen molar-refractivity contribution in [3.8, 4) is 0 Å². The zero-order valence-electron chi connectivity index (χ0n) is 12.7. The van der Waals surface area contributed by atoms with E-state index in [9.17, 15) is 0 Å². The quantitative estimate of drug-likeness (QED) is 0.939. The van der Waals surface area contributed by atoms with Crippen LogP contribution >= 0.6 is 0 Å². The Kier molecular flexibility index (Phi) is 4.04. The van der Waals surface area contributed by atoms with Crippen molar-refractivity contribution in [3.63, 3.8) is 0 Å². The molecule has 0 saturated carbocycles. The molecule has 21 heavy (non-hydrogen) atoms. The Morgan fingerprint density at radius 2 is 2.00 bits per heavy atom. The number of aryl methyl sites for hydroxylation is 2. The third kappa shape index (κ3) is 3.32. The molecule has 1 aromatic carbocycles. The molecule has 0 bridgehead atoms. The van der Waals surface area contributed by atoms with E-state index in [-0.39, 0.29) is 0 Å². The second kappa shape index (κ2) is 6.12. The van der Waals surface area contributed by atoms with Gasteiger partial charge in [-0.1, -0.05) is 18.2 Å². The Bertz CT molecular complexity index is 597. The lowest BCUT2D eigenvalue weighted by Gasteiger charge is -2.35. The van der Waals surface area contributed by atoms with Gasteiger partial charge in [0.25, 0.3) is 0 Å². The first-order valence-corrected chi connectivity index (χ1v) is 7.59. The number of para-hydroxylation sites is 1. The van der Waals surface area contributed by atoms with Crippen molar-refractivity contribution in [1.82, 2.24) is 9.97 Å². The number of aromatic nitrogens is 2. The summed E-state index contributed by atoms with van der Waals surface area (Å²) in [5.74, 6) is 1.04. The zero-order valence-corrected chi connectivity index (χ0v) is 12.7. The number of anilines is 2. The number of rotatable bonds is 3. The topological polar surface area (TPSA) is 41.1 Å². The maximum atomic E-state index is 4.67. The van der Waals surface area contributed by atoms with E-state index in [4.69, 9.17) is 0 Å². The van der Waals surface area contributed by atoms with Gasteiger partial charge in [0.15, 0.2) is 0 Å². The number of benzene rings is 1. The molecule has 1 aliphatic rings. The van der Waals surface area contributed by atoms with Gasteiger partial charge in [-0.15, -0.1) is 0 Å². The highest BCUT2D eigenvalue weighted by atomic mass is 15.2. The van der Waals surface area contributed by atoms with Crippen molar-refractivity contribution in [2.45, 2.75) is 32.7 Å². The molecule has 1 aromatic heterocycles. The van der Waals surface area contributed by atoms with Crippen LogP contribution in [0.25, 0.3) is 0 Å². The first kappa shape index (κ1) is 13.9. The molecule has 3 rings (SSSR count). The molecule has 4 heteroatoms. The van der Waals surface area contributed by atoms with Crippen LogP contribution in [0.5, 0.6) is 0 Å². The van der Waals surface area contributed by atoms with E-state index in [2.05, 4.69) is 44.5 Å². The normalized spacial score (nSPS) is 18.6. The maximum Gasteiger partial charge on any atom is 0.150 e. The average Bonchev–Trinajstić information content (AvgIpc) is 2.51. The fourth-order valence-electron chi connectivity index (χ4n) is 2.88. The summed E-state index contributed by atoms with van der Waals surface area (Å²) < 4.78 is 0. The largest absolute Gasteiger partial charge is 0.381 e. The molecule has 4 nitrogen and oxygen atoms in total. The van der Waals surface area contributed by atoms with Crippen LogP contribution in [0.2, 0.25) is 0 Å². The smallest absolute Gasteiger partial charge is 0.150 e. The molecule has 1 atom stereocenters. The van der Waals surface area contributed by atoms with Crippen LogP contribution in [-0.2, 0) is 0 Å². The summed E-state index contributed by atoms with van der Waals surface area (Å²) >= 11 is 0. The molecule has 1 aliphatic heterocycles. The lowest BCUT2D eigenvalue weighted by Crippen LogP contribution is -2.43. The summed E-state index contributed by atoms with van der Waals surface area (Å²) in [6.07, 6.45) is 4.21. The second-order valence-corrected chi connectivity index (χ2v) is 5.72. The summed E-state index contributed by atoms with van der Waals surface area (Å²) in [6, 6.07) is 10.9. The van der Waals surface area contributed by atoms with Gasteiger partial charge in [-0.05, 0) is 38.8 Å². The fourth-order valence-corrected chi connectivity index (χ4v) is 2.88. The number of piperidine rings is 1. The average molecular weight is 282 g/mol. The first-order chi connectivity index (χ1) is 10.2. The number of hydrogen-bond acceptors (Lipinski definition) is 4. The van der Waals surface area contributed by atoms with Gasteiger partial charge in [0, 0.05) is 31.0 Å². The molecule has 1 unspecified atom stereocenters. The summed E-state index contributed by atoms with van der Waals surface area (Å²) in [5, 5.41) is 3.62. The molecule has 2 aromatic rings. The molecule has 2 heterocycles. The standard InChI is InChI=1S/C17H22N4/c1-13-11-18-14(2)17(19-13)21-10-6-9-16(12-21)20-15-7-4-3-5-8-15/h3-5,7-8,11,16,20H,6,9-10,12H2,1-2H3. The predicted molar refractivity (Wildman–Crippen MR) is 86.8 cm³/mol. The summed E-state index contributed by atoms with van der Waals surface area (Å²) in [5.41, 5.74) is 3.19. The lowest BCUT2D eigenvalue weighted by atomic mass is 10.0. The highest BCUT2D eigenvalue weighted by molar-refractivity contribution is 5.47. The Morgan fingerprint density at radius 3 is 2.81 bits per heavy atom. The van der Waals surface area contributed by atoms with E-state index in [1.54, 1.807) is 0 Å². The summed E-state index contributed by atoms with van der Waals surface area (Å²) in [6.45, 7) is 6.08. The molecule has 1 saturated heterocycles. The SMILES string of the molecule is Cc1cnc(C)c(N2CCCC(Nc3ccccc3)C2)n1. The molecule has 1 fully saturated rings. The van der Waals surface area contributed by atoms with Crippen LogP contribution in [0.1, 0.15) is 24.2 Å². The van der Waals surface area contributed by atoms with Crippen LogP contribution < -0.4 is 10.2 Å². The second-order valence-electron chi connectivity index (χ2n) is 5.72. The van der Waals surface area contributed by atoms with Gasteiger partial charge in [0.2, 0.25) is 0 Å². The molecular formula is C17H22N4. The first-order valence-electron chi connectivity index (χ1n) is 7.59. The Labute approximate surface area is 126 Å². The predicted octanol–water partition coefficient (Wildman–Crippen LogP) is 3.17. The fraction of sp³-hybridized carbons (Fsp3) is 0.412. The third-order valence-corrected chi connectivity index (χ3v) is 3.92. The Morgan fingerprint density at radius 1 is 1.19 bits per heavy atom. The molecule has 0 spiro atoms. The summed E-state index contributed by atoms with van der Waals surface area (Å²) in [4.78, 5) is 11.5. The van der Waals surface area contributed by atoms with Crippen LogP contribution in [-0.4, -0.2) is 29.1 Å². The van der Waals surface area contributed by atoms with Gasteiger partial charge in [-0.25, -0.2) is 4.98 Å². The Balaban J connectivity index is 1.72. The third-order valence-electron chi connectivity index (χ3n) is 3.92. The number of nitrogens with one attached hydrogen (secondary N) is 1. The van der Waals surface area contributed by atoms with E-state index in [1.165, 1.54) is 18.5 Å². The zero-order chi connectivity index (χ0) is 14.7. The van der Waals surface area contributed by atoms with Crippen LogP contribution in [0.15, 0.2) is 36.5 Å². The monoisotopic (exact) mass is 282 g/mol. The van der Waals surface area contributed by atoms with Crippen molar-refractivity contribution in [2.75, 3.05) is 23.3 Å². The summed E-state index contributed by atoms with van der Waals surface area (Å²) in [7, 11) is 0. The van der Waals surface area contributed by atoms with Crippen molar-refractivity contribution >= 4 is 11.5 Å². The molecule has 110 valence electrons. The highest BCUT2D eigenvalue weighted by Gasteiger charge is 2.22. The van der Waals surface area contributed by atoms with Crippen LogP contribution in [0, 0.1) is 13.8 Å². The minimum Gasteiger partial charge on any atom is -0.381 e. The number of hydrogen-bond donors (Lipinski definition) is 1. The van der Waals surface area contributed by atoms with E-state index >= 15 is 0 Å². The molecule has 0 aliphatic carbocycles. The van der Waals surface area contributed by atoms with E-state index in [0.717, 1.165) is 30.3 Å². The molecular weight excluding hydrogens is 260 g/mol. The molecule has 0 amide bonds. The van der Waals surface area contributed by atoms with Crippen LogP contribution in [0.3, 0.4) is 0 Å². The van der Waals surface area contributed by atoms with Crippen molar-refractivity contribution in [2.24, 2.45) is 0 Å². The van der Waals surface area contributed by atoms with Gasteiger partial charge >= 0.3 is 0 Å². The Hall–Kier alpha value is -2.10. The molecule has 1 N–H and O–H groups in total. The van der Waals surface area contributed by atoms with E-state index in [1.807, 2.05) is 26.1 Å². The minimum absolute atomic E-state index is 0.461. The van der Waals surface area contributed by atoms with Crippen molar-refractivity contribution in [1.29, 1.82) is 0 Å². The maximum absolute atomic E-state index is 4.67. The van der Waals surface area contributed by atoms with Crippen molar-refractivity contribution < 1.29 is 0 Å². The van der Waals surface area contributed by atoms with Crippen LogP contribution in [0.4, 0.5) is 11.5 Å². The van der Waals surface area contributed by atoms with Gasteiger partial charge in [0.05, 0.1) is 11.4 Å². The van der Waals surface area contributed by atoms with Gasteiger partial charge in [-0.2, -0.15) is 0 Å². The van der Waals surface area contributed by atoms with E-state index < -0.39 is 0 Å². The minimum atomic E-state index is 0.461. The van der Waals surface area contributed by atoms with E-state index in [0.29, 0.717) is 6.04 Å². The lowest BCUT2D eigenvalue weighted by molar-refractivity contribution is 0.525. The molecule has 0 radical (unpaired) electrons. The van der Waals surface area contributed by atoms with Gasteiger partial charge < -0.3 is 10.2 Å². The van der Waals surface area contributed by atoms with Gasteiger partial charge in [-0.3, -0.25) is 4.98 Å². The highest BCUT2D eigenvalue weighted by Crippen LogP contribution is 2.22. The number of nitrogens with zero attached hydrogens (tertiary/aromatic N) is 3. The van der Waals surface area contributed by atoms with Gasteiger partial charge in [0.1, 0.15) is 5.82 Å².